The number of hydrogen-bond donors (Lipinski definition) is 3. The first-order chi connectivity index (χ1) is 24.2. The van der Waals surface area contributed by atoms with Gasteiger partial charge in [0.05, 0.1) is 11.8 Å². The molecule has 16 nitrogen and oxygen atoms in total. The van der Waals surface area contributed by atoms with Gasteiger partial charge in [-0.1, -0.05) is 17.6 Å². The van der Waals surface area contributed by atoms with Gasteiger partial charge in [0, 0.05) is 43.4 Å². The highest BCUT2D eigenvalue weighted by atomic mass is 31.2. The number of hydrogen-bond acceptors (Lipinski definition) is 11. The molecule has 1 spiro atoms. The second kappa shape index (κ2) is 14.3. The molecule has 1 aromatic carbocycles. The predicted molar refractivity (Wildman–Crippen MR) is 171 cm³/mol. The van der Waals surface area contributed by atoms with Gasteiger partial charge in [-0.05, 0) is 52.0 Å². The molecule has 1 aliphatic carbocycles. The van der Waals surface area contributed by atoms with Crippen molar-refractivity contribution in [3.8, 4) is 5.75 Å². The van der Waals surface area contributed by atoms with E-state index in [0.717, 1.165) is 12.1 Å². The number of nitrogens with zero attached hydrogens (tertiary/aromatic N) is 3. The fraction of sp³-hybridized carbons (Fsp3) is 0.531. The first-order valence-corrected chi connectivity index (χ1v) is 17.9. The van der Waals surface area contributed by atoms with E-state index in [1.54, 1.807) is 11.8 Å². The third-order valence-corrected chi connectivity index (χ3v) is 10.2. The summed E-state index contributed by atoms with van der Waals surface area (Å²) in [6, 6.07) is 1.89. The fourth-order valence-electron chi connectivity index (χ4n) is 7.13. The summed E-state index contributed by atoms with van der Waals surface area (Å²) < 4.78 is 61.4. The normalized spacial score (nSPS) is 25.7. The van der Waals surface area contributed by atoms with Gasteiger partial charge in [-0.25, -0.2) is 18.1 Å². The number of phosphoric ester groups is 1. The Morgan fingerprint density at radius 2 is 1.90 bits per heavy atom. The molecule has 4 heterocycles. The van der Waals surface area contributed by atoms with E-state index in [4.69, 9.17) is 23.6 Å². The van der Waals surface area contributed by atoms with E-state index in [0.29, 0.717) is 43.9 Å². The summed E-state index contributed by atoms with van der Waals surface area (Å²) in [6.07, 6.45) is 0.868. The van der Waals surface area contributed by atoms with Crippen molar-refractivity contribution in [2.45, 2.75) is 95.2 Å². The Morgan fingerprint density at radius 3 is 2.59 bits per heavy atom. The van der Waals surface area contributed by atoms with Crippen molar-refractivity contribution in [3.05, 3.63) is 63.1 Å². The van der Waals surface area contributed by atoms with Crippen LogP contribution in [-0.4, -0.2) is 80.1 Å². The van der Waals surface area contributed by atoms with Crippen LogP contribution in [0.2, 0.25) is 0 Å². The molecule has 3 N–H and O–H groups in total. The van der Waals surface area contributed by atoms with Crippen molar-refractivity contribution >= 4 is 31.5 Å². The van der Waals surface area contributed by atoms with Gasteiger partial charge in [0.15, 0.2) is 11.3 Å². The van der Waals surface area contributed by atoms with Gasteiger partial charge in [-0.2, -0.15) is 0 Å². The lowest BCUT2D eigenvalue weighted by molar-refractivity contribution is -0.0670. The summed E-state index contributed by atoms with van der Waals surface area (Å²) in [6.45, 7) is 2.45. The van der Waals surface area contributed by atoms with Crippen molar-refractivity contribution in [2.24, 2.45) is 5.16 Å². The second-order valence-electron chi connectivity index (χ2n) is 13.1. The maximum absolute atomic E-state index is 14.3. The zero-order valence-corrected chi connectivity index (χ0v) is 28.6. The Morgan fingerprint density at radius 1 is 1.16 bits per heavy atom. The summed E-state index contributed by atoms with van der Waals surface area (Å²) in [5.74, 6) is -3.87. The fourth-order valence-corrected chi connectivity index (χ4v) is 7.72. The smallest absolute Gasteiger partial charge is 0.451 e. The first-order valence-electron chi connectivity index (χ1n) is 16.4. The average molecular weight is 739 g/mol. The molecule has 3 aliphatic heterocycles. The number of phosphoric acid groups is 1. The van der Waals surface area contributed by atoms with E-state index in [9.17, 15) is 42.3 Å². The van der Waals surface area contributed by atoms with E-state index in [1.807, 2.05) is 6.92 Å². The lowest BCUT2D eigenvalue weighted by atomic mass is 9.84. The highest BCUT2D eigenvalue weighted by molar-refractivity contribution is 7.46. The number of aromatic nitrogens is 1. The summed E-state index contributed by atoms with van der Waals surface area (Å²) in [4.78, 5) is 80.3. The van der Waals surface area contributed by atoms with Crippen LogP contribution in [-0.2, 0) is 29.9 Å². The maximum atomic E-state index is 14.3. The van der Waals surface area contributed by atoms with Crippen LogP contribution in [0.5, 0.6) is 5.75 Å². The third kappa shape index (κ3) is 7.64. The summed E-state index contributed by atoms with van der Waals surface area (Å²) >= 11 is 0. The van der Waals surface area contributed by atoms with Gasteiger partial charge >= 0.3 is 14.0 Å². The molecule has 2 aromatic rings. The summed E-state index contributed by atoms with van der Waals surface area (Å²) in [7, 11) is -4.88. The number of amides is 2. The highest BCUT2D eigenvalue weighted by Crippen LogP contribution is 2.46. The molecule has 1 aromatic heterocycles. The number of halogens is 2. The number of carbonyl (C=O) groups excluding carboxylic acids is 3. The molecule has 1 saturated heterocycles. The molecule has 0 unspecified atom stereocenters. The zero-order valence-electron chi connectivity index (χ0n) is 27.7. The number of fused-ring (bicyclic) bond motifs is 5. The van der Waals surface area contributed by atoms with Gasteiger partial charge in [-0.3, -0.25) is 18.9 Å². The molecular formula is C32H37F2N4O12P. The Kier molecular flexibility index (Phi) is 10.2. The number of rotatable bonds is 9. The van der Waals surface area contributed by atoms with Gasteiger partial charge in [0.1, 0.15) is 29.4 Å². The molecular weight excluding hydrogens is 701 g/mol. The van der Waals surface area contributed by atoms with Crippen molar-refractivity contribution in [1.29, 1.82) is 0 Å². The molecule has 2 amide bonds. The topological polar surface area (TPSA) is 205 Å². The summed E-state index contributed by atoms with van der Waals surface area (Å²) in [5.41, 5.74) is -2.02. The number of ether oxygens (including phenoxy) is 3. The zero-order chi connectivity index (χ0) is 36.7. The standard InChI is InChI=1S/C32H37F2N4O12P/c1-17-12-32(50-36-17)10-9-18(2)37-15-25(32)38-14-21(29(40)35-13-19-7-8-20(33)11-22(19)34)27(39)28(26(38)30(37)41)46-16-47-31(42)48-23-5-3-4-6-24(23)49-51(43,44)45/h7-8,11,14,18,23-25H,3-6,9-10,12-13,15-16H2,1-2H3,(H,35,40)(H2,43,44,45)/t18-,23+,24+,25+,32-/m0/s1. The number of carbonyl (C=O) groups is 3. The van der Waals surface area contributed by atoms with E-state index in [1.165, 1.54) is 10.8 Å². The minimum Gasteiger partial charge on any atom is -0.451 e. The molecule has 19 heteroatoms. The molecule has 2 bridgehead atoms. The average Bonchev–Trinajstić information content (AvgIpc) is 3.39. The van der Waals surface area contributed by atoms with Crippen LogP contribution in [0.3, 0.4) is 0 Å². The van der Waals surface area contributed by atoms with Crippen LogP contribution in [0.25, 0.3) is 0 Å². The van der Waals surface area contributed by atoms with Gasteiger partial charge in [0.25, 0.3) is 11.8 Å². The maximum Gasteiger partial charge on any atom is 0.511 e. The number of benzene rings is 1. The van der Waals surface area contributed by atoms with E-state index < -0.39 is 91.4 Å². The largest absolute Gasteiger partial charge is 0.511 e. The minimum atomic E-state index is -4.88. The molecule has 51 heavy (non-hydrogen) atoms. The van der Waals surface area contributed by atoms with Crippen molar-refractivity contribution in [2.75, 3.05) is 13.3 Å². The molecule has 1 saturated carbocycles. The van der Waals surface area contributed by atoms with Crippen LogP contribution in [0, 0.1) is 11.6 Å². The number of pyridine rings is 1. The van der Waals surface area contributed by atoms with Crippen LogP contribution in [0.1, 0.15) is 91.2 Å². The molecule has 6 rings (SSSR count). The lowest BCUT2D eigenvalue weighted by Crippen LogP contribution is -2.52. The number of nitrogens with one attached hydrogen (secondary N) is 1. The van der Waals surface area contributed by atoms with Crippen LogP contribution in [0.4, 0.5) is 13.6 Å². The van der Waals surface area contributed by atoms with Gasteiger partial charge in [0.2, 0.25) is 18.0 Å². The Labute approximate surface area is 289 Å². The first kappa shape index (κ1) is 36.4. The monoisotopic (exact) mass is 738 g/mol. The molecule has 4 aliphatic rings. The molecule has 276 valence electrons. The Balaban J connectivity index is 1.31. The van der Waals surface area contributed by atoms with Crippen molar-refractivity contribution in [3.63, 3.8) is 0 Å². The van der Waals surface area contributed by atoms with Gasteiger partial charge < -0.3 is 43.6 Å². The summed E-state index contributed by atoms with van der Waals surface area (Å²) in [5, 5.41) is 6.63. The molecule has 2 fully saturated rings. The Hall–Kier alpha value is -4.38. The van der Waals surface area contributed by atoms with E-state index in [2.05, 4.69) is 10.5 Å². The van der Waals surface area contributed by atoms with Crippen LogP contribution >= 0.6 is 7.82 Å². The number of oxime groups is 1. The molecule has 5 atom stereocenters. The predicted octanol–water partition coefficient (Wildman–Crippen LogP) is 3.68. The highest BCUT2D eigenvalue weighted by Gasteiger charge is 2.54. The molecule has 0 radical (unpaired) electrons. The minimum absolute atomic E-state index is 0.0490. The second-order valence-corrected chi connectivity index (χ2v) is 14.3. The van der Waals surface area contributed by atoms with Crippen LogP contribution in [0.15, 0.2) is 34.3 Å². The van der Waals surface area contributed by atoms with Crippen molar-refractivity contribution < 1.29 is 61.1 Å². The van der Waals surface area contributed by atoms with E-state index >= 15 is 0 Å². The SMILES string of the molecule is CC1=NO[C@@]2(CC[C@H](C)N3C[C@H]2n2cc(C(=O)NCc4ccc(F)cc4F)c(=O)c(OCOC(=O)O[C@@H]4CCCC[C@H]4OP(=O)(O)O)c2C3=O)C1. The van der Waals surface area contributed by atoms with Crippen LogP contribution < -0.4 is 15.5 Å². The van der Waals surface area contributed by atoms with E-state index in [-0.39, 0.29) is 36.7 Å². The van der Waals surface area contributed by atoms with Gasteiger partial charge in [-0.15, -0.1) is 0 Å². The lowest BCUT2D eigenvalue weighted by Gasteiger charge is -2.42. The van der Waals surface area contributed by atoms with Crippen molar-refractivity contribution in [1.82, 2.24) is 14.8 Å². The quantitative estimate of drug-likeness (QED) is 0.192. The third-order valence-electron chi connectivity index (χ3n) is 9.67. The Bertz CT molecular complexity index is 1870.